The SMILES string of the molecule is C=CC(CN1CCC(N)CC1)=C1CC(=C)C1. The van der Waals surface area contributed by atoms with E-state index in [1.165, 1.54) is 16.7 Å². The van der Waals surface area contributed by atoms with E-state index in [4.69, 9.17) is 5.73 Å². The molecule has 2 rings (SSSR count). The largest absolute Gasteiger partial charge is 0.328 e. The third-order valence-corrected chi connectivity index (χ3v) is 3.65. The predicted molar refractivity (Wildman–Crippen MR) is 69.2 cm³/mol. The summed E-state index contributed by atoms with van der Waals surface area (Å²) in [5.41, 5.74) is 10.2. The Morgan fingerprint density at radius 3 is 2.50 bits per heavy atom. The fourth-order valence-electron chi connectivity index (χ4n) is 2.45. The number of rotatable bonds is 3. The highest BCUT2D eigenvalue weighted by Crippen LogP contribution is 2.34. The van der Waals surface area contributed by atoms with Crippen LogP contribution in [0.4, 0.5) is 0 Å². The third kappa shape index (κ3) is 2.63. The zero-order valence-corrected chi connectivity index (χ0v) is 10.0. The van der Waals surface area contributed by atoms with Crippen LogP contribution in [0.1, 0.15) is 25.7 Å². The van der Waals surface area contributed by atoms with Gasteiger partial charge in [0.25, 0.3) is 0 Å². The Kier molecular flexibility index (Phi) is 3.62. The van der Waals surface area contributed by atoms with Crippen LogP contribution >= 0.6 is 0 Å². The summed E-state index contributed by atoms with van der Waals surface area (Å²) in [5, 5.41) is 0. The average Bonchev–Trinajstić information content (AvgIpc) is 2.25. The lowest BCUT2D eigenvalue weighted by Crippen LogP contribution is -2.40. The van der Waals surface area contributed by atoms with E-state index < -0.39 is 0 Å². The van der Waals surface area contributed by atoms with E-state index in [1.54, 1.807) is 0 Å². The summed E-state index contributed by atoms with van der Waals surface area (Å²) >= 11 is 0. The van der Waals surface area contributed by atoms with Crippen molar-refractivity contribution in [2.24, 2.45) is 5.73 Å². The molecule has 2 N–H and O–H groups in total. The zero-order chi connectivity index (χ0) is 11.5. The standard InChI is InChI=1S/C14H22N2/c1-3-12(13-8-11(2)9-13)10-16-6-4-14(15)5-7-16/h3,14H,1-2,4-10,15H2. The molecule has 1 saturated heterocycles. The monoisotopic (exact) mass is 218 g/mol. The van der Waals surface area contributed by atoms with Gasteiger partial charge in [-0.05, 0) is 44.3 Å². The van der Waals surface area contributed by atoms with Gasteiger partial charge in [0.1, 0.15) is 0 Å². The van der Waals surface area contributed by atoms with Crippen LogP contribution in [0.15, 0.2) is 36.0 Å². The highest BCUT2D eigenvalue weighted by Gasteiger charge is 2.20. The van der Waals surface area contributed by atoms with Crippen molar-refractivity contribution in [1.29, 1.82) is 0 Å². The van der Waals surface area contributed by atoms with Gasteiger partial charge in [0.05, 0.1) is 0 Å². The Morgan fingerprint density at radius 2 is 2.00 bits per heavy atom. The molecule has 0 amide bonds. The first-order chi connectivity index (χ1) is 7.69. The molecule has 1 saturated carbocycles. The highest BCUT2D eigenvalue weighted by molar-refractivity contribution is 5.38. The lowest BCUT2D eigenvalue weighted by molar-refractivity contribution is 0.229. The summed E-state index contributed by atoms with van der Waals surface area (Å²) in [6.07, 6.45) is 6.47. The van der Waals surface area contributed by atoms with Gasteiger partial charge in [-0.15, -0.1) is 0 Å². The molecule has 2 heteroatoms. The van der Waals surface area contributed by atoms with Crippen molar-refractivity contribution in [1.82, 2.24) is 4.90 Å². The fraction of sp³-hybridized carbons (Fsp3) is 0.571. The predicted octanol–water partition coefficient (Wildman–Crippen LogP) is 2.24. The summed E-state index contributed by atoms with van der Waals surface area (Å²) in [6.45, 7) is 11.2. The normalized spacial score (nSPS) is 23.1. The second-order valence-corrected chi connectivity index (χ2v) is 5.05. The second-order valence-electron chi connectivity index (χ2n) is 5.05. The second kappa shape index (κ2) is 4.98. The molecular weight excluding hydrogens is 196 g/mol. The molecule has 1 aliphatic heterocycles. The molecule has 0 aromatic heterocycles. The molecule has 0 unspecified atom stereocenters. The molecule has 0 aromatic carbocycles. The molecule has 16 heavy (non-hydrogen) atoms. The number of nitrogens with zero attached hydrogens (tertiary/aromatic N) is 1. The molecule has 0 atom stereocenters. The van der Waals surface area contributed by atoms with Gasteiger partial charge >= 0.3 is 0 Å². The van der Waals surface area contributed by atoms with Crippen molar-refractivity contribution in [3.8, 4) is 0 Å². The molecule has 1 aliphatic carbocycles. The van der Waals surface area contributed by atoms with E-state index in [0.29, 0.717) is 6.04 Å². The number of likely N-dealkylation sites (tertiary alicyclic amines) is 1. The highest BCUT2D eigenvalue weighted by atomic mass is 15.1. The maximum absolute atomic E-state index is 5.91. The Bertz CT molecular complexity index is 310. The Morgan fingerprint density at radius 1 is 1.38 bits per heavy atom. The van der Waals surface area contributed by atoms with Crippen LogP contribution in [0.5, 0.6) is 0 Å². The van der Waals surface area contributed by atoms with Crippen LogP contribution in [-0.2, 0) is 0 Å². The van der Waals surface area contributed by atoms with Crippen LogP contribution in [0.25, 0.3) is 0 Å². The first kappa shape index (κ1) is 11.6. The quantitative estimate of drug-likeness (QED) is 0.736. The molecule has 0 spiro atoms. The Labute approximate surface area is 98.5 Å². The first-order valence-corrected chi connectivity index (χ1v) is 6.17. The van der Waals surface area contributed by atoms with Gasteiger partial charge < -0.3 is 5.73 Å². The van der Waals surface area contributed by atoms with Crippen LogP contribution in [0, 0.1) is 0 Å². The van der Waals surface area contributed by atoms with Gasteiger partial charge in [-0.25, -0.2) is 0 Å². The lowest BCUT2D eigenvalue weighted by atomic mass is 9.83. The van der Waals surface area contributed by atoms with Crippen LogP contribution in [0.3, 0.4) is 0 Å². The number of hydrogen-bond acceptors (Lipinski definition) is 2. The van der Waals surface area contributed by atoms with Crippen LogP contribution < -0.4 is 5.73 Å². The van der Waals surface area contributed by atoms with E-state index in [9.17, 15) is 0 Å². The molecule has 0 bridgehead atoms. The fourth-order valence-corrected chi connectivity index (χ4v) is 2.45. The number of piperidine rings is 1. The van der Waals surface area contributed by atoms with E-state index >= 15 is 0 Å². The van der Waals surface area contributed by atoms with E-state index in [1.807, 2.05) is 6.08 Å². The third-order valence-electron chi connectivity index (χ3n) is 3.65. The summed E-state index contributed by atoms with van der Waals surface area (Å²) in [6, 6.07) is 0.416. The molecular formula is C14H22N2. The van der Waals surface area contributed by atoms with Gasteiger partial charge in [0, 0.05) is 12.6 Å². The van der Waals surface area contributed by atoms with Crippen molar-refractivity contribution in [2.45, 2.75) is 31.7 Å². The van der Waals surface area contributed by atoms with Crippen LogP contribution in [-0.4, -0.2) is 30.6 Å². The van der Waals surface area contributed by atoms with E-state index in [2.05, 4.69) is 18.1 Å². The first-order valence-electron chi connectivity index (χ1n) is 6.17. The molecule has 2 aliphatic rings. The molecule has 88 valence electrons. The molecule has 0 radical (unpaired) electrons. The summed E-state index contributed by atoms with van der Waals surface area (Å²) < 4.78 is 0. The Balaban J connectivity index is 1.90. The lowest BCUT2D eigenvalue weighted by Gasteiger charge is -2.32. The summed E-state index contributed by atoms with van der Waals surface area (Å²) in [5.74, 6) is 0. The van der Waals surface area contributed by atoms with E-state index in [-0.39, 0.29) is 0 Å². The van der Waals surface area contributed by atoms with Gasteiger partial charge in [0.2, 0.25) is 0 Å². The maximum atomic E-state index is 5.91. The van der Waals surface area contributed by atoms with Crippen LogP contribution in [0.2, 0.25) is 0 Å². The van der Waals surface area contributed by atoms with Crippen molar-refractivity contribution in [3.63, 3.8) is 0 Å². The van der Waals surface area contributed by atoms with Gasteiger partial charge in [0.15, 0.2) is 0 Å². The summed E-state index contributed by atoms with van der Waals surface area (Å²) in [7, 11) is 0. The zero-order valence-electron chi connectivity index (χ0n) is 10.0. The topological polar surface area (TPSA) is 29.3 Å². The molecule has 2 fully saturated rings. The van der Waals surface area contributed by atoms with Crippen molar-refractivity contribution < 1.29 is 0 Å². The number of nitrogens with two attached hydrogens (primary N) is 1. The van der Waals surface area contributed by atoms with E-state index in [0.717, 1.165) is 45.3 Å². The smallest absolute Gasteiger partial charge is 0.0233 e. The number of hydrogen-bond donors (Lipinski definition) is 1. The minimum absolute atomic E-state index is 0.416. The minimum atomic E-state index is 0.416. The van der Waals surface area contributed by atoms with Crippen molar-refractivity contribution in [3.05, 3.63) is 36.0 Å². The van der Waals surface area contributed by atoms with Gasteiger partial charge in [-0.3, -0.25) is 4.90 Å². The Hall–Kier alpha value is -0.860. The molecule has 1 heterocycles. The minimum Gasteiger partial charge on any atom is -0.328 e. The molecule has 0 aromatic rings. The van der Waals surface area contributed by atoms with Crippen molar-refractivity contribution >= 4 is 0 Å². The average molecular weight is 218 g/mol. The van der Waals surface area contributed by atoms with Crippen molar-refractivity contribution in [2.75, 3.05) is 19.6 Å². The van der Waals surface area contributed by atoms with Gasteiger partial charge in [-0.2, -0.15) is 0 Å². The molecule has 2 nitrogen and oxygen atoms in total. The number of allylic oxidation sites excluding steroid dienone is 2. The van der Waals surface area contributed by atoms with Gasteiger partial charge in [-0.1, -0.05) is 30.4 Å². The maximum Gasteiger partial charge on any atom is 0.0233 e. The summed E-state index contributed by atoms with van der Waals surface area (Å²) in [4.78, 5) is 2.49.